The molecule has 0 radical (unpaired) electrons. The highest BCUT2D eigenvalue weighted by molar-refractivity contribution is 6.21. The monoisotopic (exact) mass is 558 g/mol. The highest BCUT2D eigenvalue weighted by Crippen LogP contribution is 2.48. The van der Waals surface area contributed by atoms with E-state index in [1.165, 1.54) is 76.1 Å². The molecule has 0 saturated carbocycles. The van der Waals surface area contributed by atoms with Gasteiger partial charge in [-0.2, -0.15) is 0 Å². The third kappa shape index (κ3) is 3.85. The maximum atomic E-state index is 2.43. The van der Waals surface area contributed by atoms with E-state index in [9.17, 15) is 0 Å². The number of benzene rings is 8. The van der Waals surface area contributed by atoms with E-state index in [1.807, 2.05) is 0 Å². The maximum Gasteiger partial charge on any atom is 0.0137 e. The summed E-state index contributed by atoms with van der Waals surface area (Å²) in [5.41, 5.74) is 5.36. The number of hydrogen-bond donors (Lipinski definition) is 0. The Morgan fingerprint density at radius 2 is 0.909 bits per heavy atom. The van der Waals surface area contributed by atoms with Crippen LogP contribution in [-0.2, 0) is 0 Å². The van der Waals surface area contributed by atoms with E-state index in [0.29, 0.717) is 0 Å². The highest BCUT2D eigenvalue weighted by atomic mass is 14.3. The summed E-state index contributed by atoms with van der Waals surface area (Å²) in [7, 11) is 0. The minimum Gasteiger partial charge on any atom is -0.0761 e. The first-order valence-corrected chi connectivity index (χ1v) is 15.5. The Labute approximate surface area is 257 Å². The Hall–Kier alpha value is -5.46. The summed E-state index contributed by atoms with van der Waals surface area (Å²) in [5.74, 6) is 0.505. The first-order valence-electron chi connectivity index (χ1n) is 15.5. The van der Waals surface area contributed by atoms with Gasteiger partial charge in [0.25, 0.3) is 0 Å². The molecular weight excluding hydrogens is 528 g/mol. The second-order valence-corrected chi connectivity index (χ2v) is 12.0. The SMILES string of the molecule is C1=CC(c2ccccc2)C(c2c3ccccc3c(-c3cccc4cc5ccc6ccccc6c5cc34)c3ccccc23)C=C1. The van der Waals surface area contributed by atoms with Crippen LogP contribution >= 0.6 is 0 Å². The lowest BCUT2D eigenvalue weighted by atomic mass is 9.74. The van der Waals surface area contributed by atoms with Crippen LogP contribution in [0.15, 0.2) is 170 Å². The molecule has 0 heteroatoms. The van der Waals surface area contributed by atoms with Crippen molar-refractivity contribution < 1.29 is 0 Å². The smallest absolute Gasteiger partial charge is 0.0137 e. The Kier molecular flexibility index (Phi) is 5.74. The summed E-state index contributed by atoms with van der Waals surface area (Å²) < 4.78 is 0. The summed E-state index contributed by atoms with van der Waals surface area (Å²) in [6, 6.07) is 53.9. The van der Waals surface area contributed by atoms with E-state index in [-0.39, 0.29) is 11.8 Å². The predicted molar refractivity (Wildman–Crippen MR) is 190 cm³/mol. The topological polar surface area (TPSA) is 0 Å². The molecule has 0 nitrogen and oxygen atoms in total. The fourth-order valence-electron chi connectivity index (χ4n) is 7.69. The van der Waals surface area contributed by atoms with Gasteiger partial charge in [-0.05, 0) is 88.2 Å². The molecule has 0 fully saturated rings. The van der Waals surface area contributed by atoms with Gasteiger partial charge in [0, 0.05) is 11.8 Å². The van der Waals surface area contributed by atoms with Gasteiger partial charge in [-0.3, -0.25) is 0 Å². The normalized spacial score (nSPS) is 16.5. The van der Waals surface area contributed by atoms with E-state index in [4.69, 9.17) is 0 Å². The molecule has 9 rings (SSSR count). The van der Waals surface area contributed by atoms with Gasteiger partial charge in [-0.15, -0.1) is 0 Å². The van der Waals surface area contributed by atoms with Gasteiger partial charge in [0.05, 0.1) is 0 Å². The van der Waals surface area contributed by atoms with Gasteiger partial charge in [-0.1, -0.05) is 158 Å². The summed E-state index contributed by atoms with van der Waals surface area (Å²) in [6.07, 6.45) is 9.21. The third-order valence-corrected chi connectivity index (χ3v) is 9.64. The van der Waals surface area contributed by atoms with Crippen LogP contribution in [0.2, 0.25) is 0 Å². The summed E-state index contributed by atoms with van der Waals surface area (Å²) in [4.78, 5) is 0. The van der Waals surface area contributed by atoms with Crippen molar-refractivity contribution in [3.63, 3.8) is 0 Å². The lowest BCUT2D eigenvalue weighted by Gasteiger charge is -2.29. The molecule has 0 N–H and O–H groups in total. The quantitative estimate of drug-likeness (QED) is 0.149. The molecule has 0 aromatic heterocycles. The molecular formula is C44H30. The standard InChI is InChI=1S/C44H30/c1-2-13-29(14-3-1)33-17-6-7-19-35(33)43-36-20-8-10-22-38(36)44(39-23-11-9-21-37(39)43)40-24-12-16-31-27-32-26-25-30-15-4-5-18-34(30)41(32)28-42(31)40/h1-28,33,35H. The molecule has 0 saturated heterocycles. The van der Waals surface area contributed by atoms with Crippen LogP contribution in [-0.4, -0.2) is 0 Å². The fraction of sp³-hybridized carbons (Fsp3) is 0.0455. The molecule has 0 heterocycles. The Balaban J connectivity index is 1.37. The zero-order valence-corrected chi connectivity index (χ0v) is 24.3. The molecule has 8 aromatic carbocycles. The second kappa shape index (κ2) is 10.1. The molecule has 0 aliphatic heterocycles. The van der Waals surface area contributed by atoms with Crippen molar-refractivity contribution in [2.24, 2.45) is 0 Å². The zero-order valence-electron chi connectivity index (χ0n) is 24.3. The number of fused-ring (bicyclic) bond motifs is 6. The van der Waals surface area contributed by atoms with Crippen LogP contribution in [0, 0.1) is 0 Å². The van der Waals surface area contributed by atoms with Crippen LogP contribution in [0.4, 0.5) is 0 Å². The van der Waals surface area contributed by atoms with Gasteiger partial charge in [0.15, 0.2) is 0 Å². The maximum absolute atomic E-state index is 2.43. The van der Waals surface area contributed by atoms with Crippen LogP contribution < -0.4 is 0 Å². The average Bonchev–Trinajstić information content (AvgIpc) is 3.10. The molecule has 1 aliphatic carbocycles. The molecule has 206 valence electrons. The average molecular weight is 559 g/mol. The molecule has 1 aliphatic rings. The van der Waals surface area contributed by atoms with Gasteiger partial charge >= 0.3 is 0 Å². The molecule has 0 spiro atoms. The van der Waals surface area contributed by atoms with Crippen molar-refractivity contribution in [1.82, 2.24) is 0 Å². The van der Waals surface area contributed by atoms with Crippen molar-refractivity contribution in [1.29, 1.82) is 0 Å². The summed E-state index contributed by atoms with van der Waals surface area (Å²) in [6.45, 7) is 0. The van der Waals surface area contributed by atoms with E-state index < -0.39 is 0 Å². The fourth-order valence-corrected chi connectivity index (χ4v) is 7.69. The number of hydrogen-bond acceptors (Lipinski definition) is 0. The van der Waals surface area contributed by atoms with E-state index >= 15 is 0 Å². The third-order valence-electron chi connectivity index (χ3n) is 9.64. The lowest BCUT2D eigenvalue weighted by molar-refractivity contribution is 0.740. The van der Waals surface area contributed by atoms with E-state index in [0.717, 1.165) is 0 Å². The molecule has 44 heavy (non-hydrogen) atoms. The molecule has 0 amide bonds. The van der Waals surface area contributed by atoms with Gasteiger partial charge in [-0.25, -0.2) is 0 Å². The van der Waals surface area contributed by atoms with Crippen LogP contribution in [0.3, 0.4) is 0 Å². The molecule has 8 aromatic rings. The van der Waals surface area contributed by atoms with Crippen molar-refractivity contribution in [2.75, 3.05) is 0 Å². The van der Waals surface area contributed by atoms with E-state index in [2.05, 4.69) is 170 Å². The largest absolute Gasteiger partial charge is 0.0761 e. The Bertz CT molecular complexity index is 2390. The predicted octanol–water partition coefficient (Wildman–Crippen LogP) is 12.1. The van der Waals surface area contributed by atoms with Crippen molar-refractivity contribution in [3.8, 4) is 11.1 Å². The van der Waals surface area contributed by atoms with Gasteiger partial charge in [0.1, 0.15) is 0 Å². The second-order valence-electron chi connectivity index (χ2n) is 12.0. The van der Waals surface area contributed by atoms with Gasteiger partial charge < -0.3 is 0 Å². The van der Waals surface area contributed by atoms with Crippen LogP contribution in [0.25, 0.3) is 65.0 Å². The molecule has 2 unspecified atom stereocenters. The van der Waals surface area contributed by atoms with Crippen molar-refractivity contribution in [3.05, 3.63) is 181 Å². The molecule has 0 bridgehead atoms. The number of allylic oxidation sites excluding steroid dienone is 4. The first kappa shape index (κ1) is 25.1. The Morgan fingerprint density at radius 1 is 0.341 bits per heavy atom. The summed E-state index contributed by atoms with van der Waals surface area (Å²) in [5, 5.41) is 13.0. The van der Waals surface area contributed by atoms with Crippen molar-refractivity contribution in [2.45, 2.75) is 11.8 Å². The van der Waals surface area contributed by atoms with Crippen LogP contribution in [0.1, 0.15) is 23.0 Å². The minimum atomic E-state index is 0.231. The molecule has 2 atom stereocenters. The van der Waals surface area contributed by atoms with E-state index in [1.54, 1.807) is 0 Å². The zero-order chi connectivity index (χ0) is 29.0. The van der Waals surface area contributed by atoms with Crippen molar-refractivity contribution >= 4 is 53.9 Å². The van der Waals surface area contributed by atoms with Gasteiger partial charge in [0.2, 0.25) is 0 Å². The number of rotatable bonds is 3. The lowest BCUT2D eigenvalue weighted by Crippen LogP contribution is -2.11. The first-order chi connectivity index (χ1) is 21.8. The highest BCUT2D eigenvalue weighted by Gasteiger charge is 2.27. The Morgan fingerprint density at radius 3 is 1.66 bits per heavy atom. The van der Waals surface area contributed by atoms with Crippen LogP contribution in [0.5, 0.6) is 0 Å². The summed E-state index contributed by atoms with van der Waals surface area (Å²) >= 11 is 0. The minimum absolute atomic E-state index is 0.231.